The Morgan fingerprint density at radius 2 is 1.83 bits per heavy atom. The van der Waals surface area contributed by atoms with E-state index in [4.69, 9.17) is 9.47 Å². The molecular formula is C40H49F2N5O7. The molecule has 5 atom stereocenters. The standard InChI is InChI=1S/C40H49F2N5O7/c1-39(2,3)54-37(51)44-32-16-8-6-4-5-7-13-27-21-40(27,36(50)43-18-17-25-11-9-14-28(41)19-25)45-34(48)33-20-29(23-47(33)35(32)49)53-38(52)46-22-26-12-10-15-31(42)30(26)24-46/h7,9-15,19,27,29,32-33H,4-6,8,16-18,20-24H2,1-3H3,(H,43,50)(H,44,51)(H,45,48)/t27?,29?,32?,33-,40?/m0/s1. The van der Waals surface area contributed by atoms with Crippen LogP contribution in [0.4, 0.5) is 18.4 Å². The summed E-state index contributed by atoms with van der Waals surface area (Å²) in [6, 6.07) is 8.60. The van der Waals surface area contributed by atoms with E-state index in [9.17, 15) is 32.8 Å². The number of nitrogens with one attached hydrogen (secondary N) is 3. The Hall–Kier alpha value is -5.01. The van der Waals surface area contributed by atoms with Crippen LogP contribution in [0.5, 0.6) is 0 Å². The van der Waals surface area contributed by atoms with E-state index in [1.165, 1.54) is 28.0 Å². The molecule has 0 radical (unpaired) electrons. The molecule has 3 heterocycles. The second kappa shape index (κ2) is 16.2. The van der Waals surface area contributed by atoms with Crippen LogP contribution in [0.2, 0.25) is 0 Å². The van der Waals surface area contributed by atoms with Crippen LogP contribution in [0.1, 0.15) is 82.4 Å². The number of hydrogen-bond donors (Lipinski definition) is 3. The smallest absolute Gasteiger partial charge is 0.410 e. The van der Waals surface area contributed by atoms with Gasteiger partial charge < -0.3 is 30.3 Å². The van der Waals surface area contributed by atoms with Gasteiger partial charge in [-0.1, -0.05) is 49.3 Å². The molecule has 1 saturated heterocycles. The molecule has 3 N–H and O–H groups in total. The van der Waals surface area contributed by atoms with Gasteiger partial charge in [0.15, 0.2) is 0 Å². The molecule has 4 aliphatic rings. The van der Waals surface area contributed by atoms with Gasteiger partial charge in [0, 0.05) is 31.0 Å². The van der Waals surface area contributed by atoms with Crippen molar-refractivity contribution in [3.05, 3.63) is 82.9 Å². The van der Waals surface area contributed by atoms with E-state index < -0.39 is 65.1 Å². The third-order valence-corrected chi connectivity index (χ3v) is 10.4. The number of benzene rings is 2. The first-order valence-corrected chi connectivity index (χ1v) is 18.8. The first kappa shape index (κ1) is 38.7. The van der Waals surface area contributed by atoms with Crippen molar-refractivity contribution in [2.45, 2.75) is 115 Å². The number of fused-ring (bicyclic) bond motifs is 3. The van der Waals surface area contributed by atoms with Gasteiger partial charge in [-0.2, -0.15) is 0 Å². The topological polar surface area (TPSA) is 146 Å². The van der Waals surface area contributed by atoms with Crippen molar-refractivity contribution < 1.29 is 42.2 Å². The van der Waals surface area contributed by atoms with Gasteiger partial charge >= 0.3 is 12.2 Å². The van der Waals surface area contributed by atoms with Crippen LogP contribution in [0.15, 0.2) is 54.6 Å². The predicted molar refractivity (Wildman–Crippen MR) is 194 cm³/mol. The van der Waals surface area contributed by atoms with Crippen molar-refractivity contribution in [2.24, 2.45) is 5.92 Å². The molecule has 14 heteroatoms. The molecule has 0 bridgehead atoms. The van der Waals surface area contributed by atoms with Gasteiger partial charge in [0.25, 0.3) is 0 Å². The van der Waals surface area contributed by atoms with E-state index in [0.29, 0.717) is 36.0 Å². The highest BCUT2D eigenvalue weighted by atomic mass is 19.1. The van der Waals surface area contributed by atoms with Gasteiger partial charge in [0.2, 0.25) is 17.7 Å². The number of nitrogens with zero attached hydrogens (tertiary/aromatic N) is 2. The Morgan fingerprint density at radius 1 is 1.04 bits per heavy atom. The van der Waals surface area contributed by atoms with E-state index in [0.717, 1.165) is 19.3 Å². The largest absolute Gasteiger partial charge is 0.444 e. The van der Waals surface area contributed by atoms with Crippen LogP contribution < -0.4 is 16.0 Å². The normalized spacial score (nSPS) is 25.6. The van der Waals surface area contributed by atoms with Gasteiger partial charge in [-0.3, -0.25) is 19.3 Å². The summed E-state index contributed by atoms with van der Waals surface area (Å²) in [5.41, 5.74) is -0.307. The second-order valence-corrected chi connectivity index (χ2v) is 15.7. The predicted octanol–water partition coefficient (Wildman–Crippen LogP) is 5.03. The number of carbonyl (C=O) groups excluding carboxylic acids is 5. The van der Waals surface area contributed by atoms with E-state index in [1.54, 1.807) is 45.0 Å². The molecule has 2 aromatic carbocycles. The van der Waals surface area contributed by atoms with E-state index >= 15 is 0 Å². The van der Waals surface area contributed by atoms with Crippen LogP contribution in [0, 0.1) is 17.6 Å². The first-order valence-electron chi connectivity index (χ1n) is 18.8. The summed E-state index contributed by atoms with van der Waals surface area (Å²) < 4.78 is 39.5. The molecule has 6 rings (SSSR count). The molecule has 12 nitrogen and oxygen atoms in total. The fraction of sp³-hybridized carbons (Fsp3) is 0.525. The Labute approximate surface area is 314 Å². The third-order valence-electron chi connectivity index (χ3n) is 10.4. The van der Waals surface area contributed by atoms with Gasteiger partial charge in [-0.05, 0) is 82.2 Å². The maximum absolute atomic E-state index is 14.4. The SMILES string of the molecule is CC(C)(C)OC(=O)NC1CCCCCC=CC2CC2(C(=O)NCCc2cccc(F)c2)NC(=O)[C@@H]2CC(OC(=O)N3Cc4cccc(F)c4C3)CN2C1=O. The minimum Gasteiger partial charge on any atom is -0.444 e. The van der Waals surface area contributed by atoms with E-state index in [2.05, 4.69) is 16.0 Å². The maximum atomic E-state index is 14.4. The number of hydrogen-bond acceptors (Lipinski definition) is 7. The Balaban J connectivity index is 1.22. The number of amides is 5. The number of carbonyl (C=O) groups is 5. The summed E-state index contributed by atoms with van der Waals surface area (Å²) in [7, 11) is 0. The lowest BCUT2D eigenvalue weighted by Crippen LogP contribution is -2.58. The van der Waals surface area contributed by atoms with Gasteiger partial charge in [-0.15, -0.1) is 0 Å². The average molecular weight is 750 g/mol. The van der Waals surface area contributed by atoms with Gasteiger partial charge in [-0.25, -0.2) is 18.4 Å². The zero-order valence-corrected chi connectivity index (χ0v) is 31.0. The molecule has 0 aromatic heterocycles. The molecule has 2 aromatic rings. The van der Waals surface area contributed by atoms with Gasteiger partial charge in [0.05, 0.1) is 13.1 Å². The Bertz CT molecular complexity index is 1800. The molecule has 290 valence electrons. The van der Waals surface area contributed by atoms with Crippen LogP contribution in [0.25, 0.3) is 0 Å². The molecule has 4 unspecified atom stereocenters. The zero-order chi connectivity index (χ0) is 38.6. The number of alkyl carbamates (subject to hydrolysis) is 1. The molecule has 1 saturated carbocycles. The molecule has 3 aliphatic heterocycles. The number of rotatable bonds is 6. The summed E-state index contributed by atoms with van der Waals surface area (Å²) in [6.07, 6.45) is 5.41. The first-order chi connectivity index (χ1) is 25.7. The minimum absolute atomic E-state index is 0.0216. The van der Waals surface area contributed by atoms with E-state index in [-0.39, 0.29) is 50.8 Å². The monoisotopic (exact) mass is 749 g/mol. The number of ether oxygens (including phenoxy) is 2. The summed E-state index contributed by atoms with van der Waals surface area (Å²) in [5.74, 6) is -2.61. The molecule has 1 aliphatic carbocycles. The van der Waals surface area contributed by atoms with E-state index in [1.807, 2.05) is 12.2 Å². The fourth-order valence-corrected chi connectivity index (χ4v) is 7.51. The Kier molecular flexibility index (Phi) is 11.6. The minimum atomic E-state index is -1.28. The molecular weight excluding hydrogens is 700 g/mol. The highest BCUT2D eigenvalue weighted by Crippen LogP contribution is 2.45. The van der Waals surface area contributed by atoms with Crippen molar-refractivity contribution >= 4 is 29.9 Å². The third kappa shape index (κ3) is 9.19. The average Bonchev–Trinajstić information content (AvgIpc) is 3.40. The van der Waals surface area contributed by atoms with Crippen molar-refractivity contribution in [3.8, 4) is 0 Å². The summed E-state index contributed by atoms with van der Waals surface area (Å²) >= 11 is 0. The molecule has 54 heavy (non-hydrogen) atoms. The highest BCUT2D eigenvalue weighted by molar-refractivity contribution is 5.98. The van der Waals surface area contributed by atoms with Crippen LogP contribution in [-0.4, -0.2) is 82.1 Å². The lowest BCUT2D eigenvalue weighted by atomic mass is 10.0. The van der Waals surface area contributed by atoms with Crippen molar-refractivity contribution in [1.82, 2.24) is 25.8 Å². The summed E-state index contributed by atoms with van der Waals surface area (Å²) in [5, 5.41) is 8.57. The summed E-state index contributed by atoms with van der Waals surface area (Å²) in [6.45, 7) is 5.38. The van der Waals surface area contributed by atoms with Crippen molar-refractivity contribution in [3.63, 3.8) is 0 Å². The second-order valence-electron chi connectivity index (χ2n) is 15.7. The van der Waals surface area contributed by atoms with Crippen LogP contribution in [0.3, 0.4) is 0 Å². The van der Waals surface area contributed by atoms with Crippen molar-refractivity contribution in [1.29, 1.82) is 0 Å². The lowest BCUT2D eigenvalue weighted by Gasteiger charge is -2.30. The molecule has 0 spiro atoms. The molecule has 2 fully saturated rings. The van der Waals surface area contributed by atoms with Crippen molar-refractivity contribution in [2.75, 3.05) is 13.1 Å². The van der Waals surface area contributed by atoms with Crippen LogP contribution >= 0.6 is 0 Å². The lowest BCUT2D eigenvalue weighted by molar-refractivity contribution is -0.141. The Morgan fingerprint density at radius 3 is 2.59 bits per heavy atom. The highest BCUT2D eigenvalue weighted by Gasteiger charge is 2.61. The molecule has 5 amide bonds. The maximum Gasteiger partial charge on any atom is 0.410 e. The quantitative estimate of drug-likeness (QED) is 0.351. The van der Waals surface area contributed by atoms with Crippen LogP contribution in [-0.2, 0) is 43.4 Å². The van der Waals surface area contributed by atoms with Gasteiger partial charge in [0.1, 0.15) is 41.0 Å². The number of allylic oxidation sites excluding steroid dienone is 1. The zero-order valence-electron chi connectivity index (χ0n) is 31.0. The number of halogens is 2. The summed E-state index contributed by atoms with van der Waals surface area (Å²) in [4.78, 5) is 71.4. The fourth-order valence-electron chi connectivity index (χ4n) is 7.51.